The molecule has 1 heterocycles. The van der Waals surface area contributed by atoms with Crippen LogP contribution in [-0.2, 0) is 32.5 Å². The Kier molecular flexibility index (Phi) is 7.85. The molecule has 0 aliphatic heterocycles. The largest absolute Gasteiger partial charge is 0.497 e. The molecule has 174 valence electrons. The summed E-state index contributed by atoms with van der Waals surface area (Å²) in [5, 5.41) is 22.9. The van der Waals surface area contributed by atoms with E-state index in [4.69, 9.17) is 4.74 Å². The molecule has 1 unspecified atom stereocenters. The third kappa shape index (κ3) is 5.98. The molecule has 0 aliphatic rings. The number of carboxylic acid groups (broad SMARTS) is 2. The smallest absolute Gasteiger partial charge is 0.322 e. The zero-order valence-electron chi connectivity index (χ0n) is 17.7. The molecule has 1 atom stereocenters. The molecular weight excluding hydrogens is 466 g/mol. The molecule has 0 fully saturated rings. The summed E-state index contributed by atoms with van der Waals surface area (Å²) in [6.45, 7) is -0.983. The maximum absolute atomic E-state index is 13.3. The van der Waals surface area contributed by atoms with Crippen molar-refractivity contribution in [1.82, 2.24) is 4.31 Å². The molecule has 0 radical (unpaired) electrons. The molecule has 3 rings (SSSR count). The fourth-order valence-corrected chi connectivity index (χ4v) is 5.81. The Bertz CT molecular complexity index is 1210. The van der Waals surface area contributed by atoms with Gasteiger partial charge in [-0.25, -0.2) is 8.42 Å². The van der Waals surface area contributed by atoms with E-state index < -0.39 is 34.5 Å². The van der Waals surface area contributed by atoms with Crippen molar-refractivity contribution in [2.45, 2.75) is 23.8 Å². The molecule has 2 N–H and O–H groups in total. The van der Waals surface area contributed by atoms with E-state index in [9.17, 15) is 28.2 Å². The summed E-state index contributed by atoms with van der Waals surface area (Å²) in [5.74, 6) is -2.46. The van der Waals surface area contributed by atoms with Gasteiger partial charge in [0.1, 0.15) is 18.3 Å². The Morgan fingerprint density at radius 3 is 2.21 bits per heavy atom. The topological polar surface area (TPSA) is 121 Å². The predicted molar refractivity (Wildman–Crippen MR) is 123 cm³/mol. The van der Waals surface area contributed by atoms with E-state index in [1.54, 1.807) is 5.38 Å². The Morgan fingerprint density at radius 2 is 1.64 bits per heavy atom. The molecule has 0 aliphatic carbocycles. The lowest BCUT2D eigenvalue weighted by Gasteiger charge is -2.27. The maximum atomic E-state index is 13.3. The Morgan fingerprint density at radius 1 is 1.00 bits per heavy atom. The number of carbonyl (C=O) groups is 2. The lowest BCUT2D eigenvalue weighted by atomic mass is 9.99. The number of carboxylic acids is 2. The third-order valence-corrected chi connectivity index (χ3v) is 7.78. The molecule has 33 heavy (non-hydrogen) atoms. The van der Waals surface area contributed by atoms with Gasteiger partial charge in [-0.2, -0.15) is 15.6 Å². The SMILES string of the molecule is COc1ccc(S(=O)(=O)N(CC(=O)O)C(Cc2cscc2Cc2ccccc2)C(=O)O)cc1. The van der Waals surface area contributed by atoms with E-state index in [2.05, 4.69) is 0 Å². The number of sulfonamides is 1. The van der Waals surface area contributed by atoms with E-state index in [0.29, 0.717) is 22.0 Å². The number of ether oxygens (including phenoxy) is 1. The van der Waals surface area contributed by atoms with Crippen LogP contribution in [0, 0.1) is 0 Å². The highest BCUT2D eigenvalue weighted by molar-refractivity contribution is 7.89. The zero-order valence-corrected chi connectivity index (χ0v) is 19.4. The Balaban J connectivity index is 1.95. The molecule has 2 aromatic carbocycles. The molecule has 10 heteroatoms. The Labute approximate surface area is 195 Å². The second kappa shape index (κ2) is 10.6. The standard InChI is InChI=1S/C23H23NO7S2/c1-31-19-7-9-20(10-8-19)33(29,30)24(13-22(25)26)21(23(27)28)12-18-15-32-14-17(18)11-16-5-3-2-4-6-16/h2-10,14-15,21H,11-13H2,1H3,(H,25,26)(H,27,28). The van der Waals surface area contributed by atoms with Crippen LogP contribution >= 0.6 is 11.3 Å². The number of methoxy groups -OCH3 is 1. The molecule has 0 saturated carbocycles. The summed E-state index contributed by atoms with van der Waals surface area (Å²) in [5.41, 5.74) is 2.56. The summed E-state index contributed by atoms with van der Waals surface area (Å²) in [4.78, 5) is 23.5. The second-order valence-electron chi connectivity index (χ2n) is 7.26. The van der Waals surface area contributed by atoms with Crippen LogP contribution < -0.4 is 4.74 Å². The van der Waals surface area contributed by atoms with Crippen molar-refractivity contribution in [3.8, 4) is 5.75 Å². The van der Waals surface area contributed by atoms with Gasteiger partial charge in [-0.1, -0.05) is 30.3 Å². The third-order valence-electron chi connectivity index (χ3n) is 5.07. The zero-order chi connectivity index (χ0) is 24.0. The van der Waals surface area contributed by atoms with Crippen molar-refractivity contribution in [3.05, 3.63) is 82.0 Å². The van der Waals surface area contributed by atoms with Gasteiger partial charge in [0.05, 0.1) is 12.0 Å². The number of rotatable bonds is 11. The summed E-state index contributed by atoms with van der Waals surface area (Å²) in [6, 6.07) is 13.3. The lowest BCUT2D eigenvalue weighted by molar-refractivity contribution is -0.143. The predicted octanol–water partition coefficient (Wildman–Crippen LogP) is 3.12. The average Bonchev–Trinajstić information content (AvgIpc) is 3.23. The van der Waals surface area contributed by atoms with Gasteiger partial charge < -0.3 is 14.9 Å². The van der Waals surface area contributed by atoms with Gasteiger partial charge >= 0.3 is 11.9 Å². The Hall–Kier alpha value is -3.21. The van der Waals surface area contributed by atoms with Crippen LogP contribution in [0.15, 0.2) is 70.3 Å². The minimum atomic E-state index is -4.42. The molecular formula is C23H23NO7S2. The van der Waals surface area contributed by atoms with E-state index in [-0.39, 0.29) is 11.3 Å². The number of hydrogen-bond donors (Lipinski definition) is 2. The minimum absolute atomic E-state index is 0.163. The van der Waals surface area contributed by atoms with E-state index in [1.807, 2.05) is 35.7 Å². The highest BCUT2D eigenvalue weighted by atomic mass is 32.2. The van der Waals surface area contributed by atoms with Gasteiger partial charge in [-0.15, -0.1) is 0 Å². The van der Waals surface area contributed by atoms with Crippen molar-refractivity contribution in [3.63, 3.8) is 0 Å². The van der Waals surface area contributed by atoms with Gasteiger partial charge in [-0.05, 0) is 58.1 Å². The molecule has 0 amide bonds. The van der Waals surface area contributed by atoms with Gasteiger partial charge in [0.25, 0.3) is 0 Å². The van der Waals surface area contributed by atoms with Gasteiger partial charge in [0.2, 0.25) is 10.0 Å². The normalized spacial score (nSPS) is 12.4. The first-order chi connectivity index (χ1) is 15.7. The van der Waals surface area contributed by atoms with Gasteiger partial charge in [0.15, 0.2) is 0 Å². The van der Waals surface area contributed by atoms with Crippen molar-refractivity contribution in [1.29, 1.82) is 0 Å². The second-order valence-corrected chi connectivity index (χ2v) is 9.90. The van der Waals surface area contributed by atoms with Crippen LogP contribution in [0.4, 0.5) is 0 Å². The van der Waals surface area contributed by atoms with Crippen molar-refractivity contribution in [2.24, 2.45) is 0 Å². The molecule has 0 saturated heterocycles. The first-order valence-corrected chi connectivity index (χ1v) is 12.3. The number of nitrogens with zero attached hydrogens (tertiary/aromatic N) is 1. The molecule has 0 spiro atoms. The summed E-state index contributed by atoms with van der Waals surface area (Å²) < 4.78 is 32.1. The van der Waals surface area contributed by atoms with Crippen LogP contribution in [0.5, 0.6) is 5.75 Å². The number of aliphatic carboxylic acids is 2. The van der Waals surface area contributed by atoms with E-state index in [1.165, 1.54) is 42.7 Å². The van der Waals surface area contributed by atoms with Crippen LogP contribution in [0.3, 0.4) is 0 Å². The fraction of sp³-hybridized carbons (Fsp3) is 0.217. The first kappa shape index (κ1) is 24.4. The first-order valence-electron chi connectivity index (χ1n) is 9.90. The fourth-order valence-electron chi connectivity index (χ4n) is 3.40. The van der Waals surface area contributed by atoms with E-state index in [0.717, 1.165) is 11.1 Å². The van der Waals surface area contributed by atoms with Gasteiger partial charge in [0, 0.05) is 6.42 Å². The van der Waals surface area contributed by atoms with Crippen LogP contribution in [0.1, 0.15) is 16.7 Å². The summed E-state index contributed by atoms with van der Waals surface area (Å²) in [7, 11) is -3.00. The summed E-state index contributed by atoms with van der Waals surface area (Å²) >= 11 is 1.38. The highest BCUT2D eigenvalue weighted by Crippen LogP contribution is 2.26. The summed E-state index contributed by atoms with van der Waals surface area (Å²) in [6.07, 6.45) is 0.389. The van der Waals surface area contributed by atoms with Crippen LogP contribution in [0.2, 0.25) is 0 Å². The van der Waals surface area contributed by atoms with Crippen molar-refractivity contribution >= 4 is 33.3 Å². The lowest BCUT2D eigenvalue weighted by Crippen LogP contribution is -2.48. The minimum Gasteiger partial charge on any atom is -0.497 e. The quantitative estimate of drug-likeness (QED) is 0.424. The highest BCUT2D eigenvalue weighted by Gasteiger charge is 2.38. The van der Waals surface area contributed by atoms with Crippen LogP contribution in [0.25, 0.3) is 0 Å². The molecule has 0 bridgehead atoms. The van der Waals surface area contributed by atoms with Crippen molar-refractivity contribution in [2.75, 3.05) is 13.7 Å². The van der Waals surface area contributed by atoms with Crippen molar-refractivity contribution < 1.29 is 33.0 Å². The number of benzene rings is 2. The maximum Gasteiger partial charge on any atom is 0.322 e. The monoisotopic (exact) mass is 489 g/mol. The molecule has 1 aromatic heterocycles. The molecule has 8 nitrogen and oxygen atoms in total. The molecule has 3 aromatic rings. The number of thiophene rings is 1. The van der Waals surface area contributed by atoms with Crippen LogP contribution in [-0.4, -0.2) is 54.6 Å². The average molecular weight is 490 g/mol. The van der Waals surface area contributed by atoms with Gasteiger partial charge in [-0.3, -0.25) is 9.59 Å². The number of hydrogen-bond acceptors (Lipinski definition) is 6. The van der Waals surface area contributed by atoms with E-state index >= 15 is 0 Å².